The molecule has 0 aliphatic rings. The SMILES string of the molecule is CC(CSCC(=O)NC(C)c1ccccc1Cl)C(=O)O. The molecular formula is C14H18ClNO3S. The van der Waals surface area contributed by atoms with E-state index in [1.807, 2.05) is 25.1 Å². The quantitative estimate of drug-likeness (QED) is 0.812. The molecule has 110 valence electrons. The maximum Gasteiger partial charge on any atom is 0.307 e. The summed E-state index contributed by atoms with van der Waals surface area (Å²) in [5.74, 6) is -0.758. The topological polar surface area (TPSA) is 66.4 Å². The van der Waals surface area contributed by atoms with Gasteiger partial charge >= 0.3 is 5.97 Å². The van der Waals surface area contributed by atoms with Gasteiger partial charge in [-0.1, -0.05) is 36.7 Å². The number of aliphatic carboxylic acids is 1. The van der Waals surface area contributed by atoms with Crippen LogP contribution in [0.2, 0.25) is 5.02 Å². The maximum atomic E-state index is 11.8. The van der Waals surface area contributed by atoms with Crippen molar-refractivity contribution in [2.45, 2.75) is 19.9 Å². The first-order chi connectivity index (χ1) is 9.41. The van der Waals surface area contributed by atoms with Crippen LogP contribution in [0.15, 0.2) is 24.3 Å². The number of hydrogen-bond donors (Lipinski definition) is 2. The van der Waals surface area contributed by atoms with Gasteiger partial charge in [0, 0.05) is 10.8 Å². The summed E-state index contributed by atoms with van der Waals surface area (Å²) in [6.45, 7) is 3.49. The molecule has 4 nitrogen and oxygen atoms in total. The van der Waals surface area contributed by atoms with Crippen LogP contribution in [0.1, 0.15) is 25.5 Å². The predicted octanol–water partition coefficient (Wildman–Crippen LogP) is 2.97. The molecule has 2 unspecified atom stereocenters. The minimum absolute atomic E-state index is 0.125. The molecule has 1 rings (SSSR count). The van der Waals surface area contributed by atoms with Crippen LogP contribution in [-0.2, 0) is 9.59 Å². The van der Waals surface area contributed by atoms with Crippen molar-refractivity contribution in [2.75, 3.05) is 11.5 Å². The predicted molar refractivity (Wildman–Crippen MR) is 82.1 cm³/mol. The van der Waals surface area contributed by atoms with Gasteiger partial charge in [-0.15, -0.1) is 0 Å². The van der Waals surface area contributed by atoms with Gasteiger partial charge in [0.2, 0.25) is 5.91 Å². The lowest BCUT2D eigenvalue weighted by Gasteiger charge is -2.15. The number of benzene rings is 1. The van der Waals surface area contributed by atoms with Gasteiger partial charge in [0.05, 0.1) is 17.7 Å². The molecule has 6 heteroatoms. The molecule has 1 aromatic carbocycles. The first kappa shape index (κ1) is 16.9. The average Bonchev–Trinajstić information content (AvgIpc) is 2.38. The highest BCUT2D eigenvalue weighted by Gasteiger charge is 2.14. The Hall–Kier alpha value is -1.20. The lowest BCUT2D eigenvalue weighted by atomic mass is 10.1. The van der Waals surface area contributed by atoms with Crippen LogP contribution in [0.5, 0.6) is 0 Å². The molecule has 0 bridgehead atoms. The van der Waals surface area contributed by atoms with Gasteiger partial charge in [-0.25, -0.2) is 0 Å². The van der Waals surface area contributed by atoms with Crippen molar-refractivity contribution >= 4 is 35.2 Å². The summed E-state index contributed by atoms with van der Waals surface area (Å²) in [5.41, 5.74) is 0.867. The number of halogens is 1. The first-order valence-electron chi connectivity index (χ1n) is 6.26. The third-order valence-electron chi connectivity index (χ3n) is 2.77. The third kappa shape index (κ3) is 5.43. The van der Waals surface area contributed by atoms with Crippen LogP contribution in [0, 0.1) is 5.92 Å². The summed E-state index contributed by atoms with van der Waals surface area (Å²) in [7, 11) is 0. The molecule has 0 saturated carbocycles. The Morgan fingerprint density at radius 3 is 2.60 bits per heavy atom. The lowest BCUT2D eigenvalue weighted by Crippen LogP contribution is -2.28. The standard InChI is InChI=1S/C14H18ClNO3S/c1-9(14(18)19)7-20-8-13(17)16-10(2)11-5-3-4-6-12(11)15/h3-6,9-10H,7-8H2,1-2H3,(H,16,17)(H,18,19). The molecule has 0 spiro atoms. The zero-order chi connectivity index (χ0) is 15.1. The second kappa shape index (κ2) is 8.17. The molecule has 0 aliphatic carbocycles. The average molecular weight is 316 g/mol. The number of amides is 1. The van der Waals surface area contributed by atoms with Crippen LogP contribution in [0.25, 0.3) is 0 Å². The van der Waals surface area contributed by atoms with Gasteiger partial charge in [0.1, 0.15) is 0 Å². The lowest BCUT2D eigenvalue weighted by molar-refractivity contribution is -0.140. The fraction of sp³-hybridized carbons (Fsp3) is 0.429. The van der Waals surface area contributed by atoms with E-state index in [1.54, 1.807) is 13.0 Å². The number of carbonyl (C=O) groups is 2. The number of hydrogen-bond acceptors (Lipinski definition) is 3. The maximum absolute atomic E-state index is 11.8. The number of carboxylic acids is 1. The summed E-state index contributed by atoms with van der Waals surface area (Å²) in [6.07, 6.45) is 0. The minimum Gasteiger partial charge on any atom is -0.481 e. The van der Waals surface area contributed by atoms with Crippen molar-refractivity contribution in [3.8, 4) is 0 Å². The van der Waals surface area contributed by atoms with Gasteiger partial charge in [0.25, 0.3) is 0 Å². The van der Waals surface area contributed by atoms with E-state index in [1.165, 1.54) is 11.8 Å². The van der Waals surface area contributed by atoms with E-state index in [0.29, 0.717) is 10.8 Å². The van der Waals surface area contributed by atoms with Crippen molar-refractivity contribution in [3.05, 3.63) is 34.9 Å². The zero-order valence-corrected chi connectivity index (χ0v) is 13.0. The number of carboxylic acid groups (broad SMARTS) is 1. The van der Waals surface area contributed by atoms with E-state index in [9.17, 15) is 9.59 Å². The molecule has 2 atom stereocenters. The Labute approximate surface area is 127 Å². The van der Waals surface area contributed by atoms with Crippen molar-refractivity contribution in [2.24, 2.45) is 5.92 Å². The van der Waals surface area contributed by atoms with Crippen LogP contribution in [-0.4, -0.2) is 28.5 Å². The van der Waals surface area contributed by atoms with Crippen molar-refractivity contribution in [3.63, 3.8) is 0 Å². The number of carbonyl (C=O) groups excluding carboxylic acids is 1. The number of rotatable bonds is 7. The Kier molecular flexibility index (Phi) is 6.88. The monoisotopic (exact) mass is 315 g/mol. The van der Waals surface area contributed by atoms with Crippen LogP contribution >= 0.6 is 23.4 Å². The summed E-state index contributed by atoms with van der Waals surface area (Å²) < 4.78 is 0. The fourth-order valence-corrected chi connectivity index (χ4v) is 2.77. The Morgan fingerprint density at radius 2 is 2.00 bits per heavy atom. The largest absolute Gasteiger partial charge is 0.481 e. The highest BCUT2D eigenvalue weighted by Crippen LogP contribution is 2.22. The Balaban J connectivity index is 2.39. The van der Waals surface area contributed by atoms with Crippen LogP contribution in [0.3, 0.4) is 0 Å². The van der Waals surface area contributed by atoms with Gasteiger partial charge in [0.15, 0.2) is 0 Å². The smallest absolute Gasteiger partial charge is 0.307 e. The normalized spacial score (nSPS) is 13.6. The molecule has 1 aromatic rings. The van der Waals surface area contributed by atoms with Crippen LogP contribution in [0.4, 0.5) is 0 Å². The number of thioether (sulfide) groups is 1. The van der Waals surface area contributed by atoms with E-state index in [4.69, 9.17) is 16.7 Å². The summed E-state index contributed by atoms with van der Waals surface area (Å²) in [5, 5.41) is 12.2. The van der Waals surface area contributed by atoms with Crippen molar-refractivity contribution < 1.29 is 14.7 Å². The third-order valence-corrected chi connectivity index (χ3v) is 4.32. The van der Waals surface area contributed by atoms with E-state index < -0.39 is 11.9 Å². The second-order valence-corrected chi connectivity index (χ2v) is 6.00. The van der Waals surface area contributed by atoms with Crippen LogP contribution < -0.4 is 5.32 Å². The Morgan fingerprint density at radius 1 is 1.35 bits per heavy atom. The molecule has 0 radical (unpaired) electrons. The highest BCUT2D eigenvalue weighted by atomic mass is 35.5. The summed E-state index contributed by atoms with van der Waals surface area (Å²) >= 11 is 7.37. The molecule has 0 aromatic heterocycles. The Bertz CT molecular complexity index is 481. The molecule has 0 aliphatic heterocycles. The van der Waals surface area contributed by atoms with E-state index in [2.05, 4.69) is 5.32 Å². The second-order valence-electron chi connectivity index (χ2n) is 4.57. The zero-order valence-electron chi connectivity index (χ0n) is 11.4. The van der Waals surface area contributed by atoms with E-state index in [0.717, 1.165) is 5.56 Å². The minimum atomic E-state index is -0.845. The van der Waals surface area contributed by atoms with Gasteiger partial charge < -0.3 is 10.4 Å². The molecular weight excluding hydrogens is 298 g/mol. The van der Waals surface area contributed by atoms with Gasteiger partial charge in [-0.2, -0.15) is 11.8 Å². The number of nitrogens with one attached hydrogen (secondary N) is 1. The molecule has 1 amide bonds. The van der Waals surface area contributed by atoms with Crippen molar-refractivity contribution in [1.29, 1.82) is 0 Å². The molecule has 2 N–H and O–H groups in total. The van der Waals surface area contributed by atoms with E-state index >= 15 is 0 Å². The molecule has 0 fully saturated rings. The highest BCUT2D eigenvalue weighted by molar-refractivity contribution is 7.99. The molecule has 0 heterocycles. The molecule has 0 saturated heterocycles. The first-order valence-corrected chi connectivity index (χ1v) is 7.79. The molecule has 20 heavy (non-hydrogen) atoms. The summed E-state index contributed by atoms with van der Waals surface area (Å²) in [4.78, 5) is 22.4. The summed E-state index contributed by atoms with van der Waals surface area (Å²) in [6, 6.07) is 7.18. The fourth-order valence-electron chi connectivity index (χ4n) is 1.59. The van der Waals surface area contributed by atoms with Gasteiger partial charge in [-0.05, 0) is 18.6 Å². The van der Waals surface area contributed by atoms with Gasteiger partial charge in [-0.3, -0.25) is 9.59 Å². The van der Waals surface area contributed by atoms with E-state index in [-0.39, 0.29) is 17.7 Å². The van der Waals surface area contributed by atoms with Crippen molar-refractivity contribution in [1.82, 2.24) is 5.32 Å².